The molecule has 1 saturated carbocycles. The van der Waals surface area contributed by atoms with E-state index in [1.54, 1.807) is 0 Å². The third kappa shape index (κ3) is 4.15. The minimum absolute atomic E-state index is 0.179. The summed E-state index contributed by atoms with van der Waals surface area (Å²) >= 11 is 3.52. The van der Waals surface area contributed by atoms with Crippen LogP contribution in [-0.2, 0) is 0 Å². The largest absolute Gasteiger partial charge is 0.335 e. The van der Waals surface area contributed by atoms with Gasteiger partial charge in [-0.1, -0.05) is 15.9 Å². The fourth-order valence-corrected chi connectivity index (χ4v) is 3.76. The van der Waals surface area contributed by atoms with Crippen molar-refractivity contribution in [2.45, 2.75) is 57.4 Å². The average molecular weight is 317 g/mol. The number of urea groups is 1. The van der Waals surface area contributed by atoms with E-state index in [-0.39, 0.29) is 6.03 Å². The zero-order chi connectivity index (χ0) is 12.8. The van der Waals surface area contributed by atoms with Crippen LogP contribution < -0.4 is 5.32 Å². The van der Waals surface area contributed by atoms with Gasteiger partial charge in [0.1, 0.15) is 0 Å². The van der Waals surface area contributed by atoms with Gasteiger partial charge in [-0.05, 0) is 57.3 Å². The van der Waals surface area contributed by atoms with Gasteiger partial charge < -0.3 is 10.2 Å². The fourth-order valence-electron chi connectivity index (χ4n) is 3.11. The van der Waals surface area contributed by atoms with Crippen LogP contribution in [-0.4, -0.2) is 35.4 Å². The summed E-state index contributed by atoms with van der Waals surface area (Å²) in [7, 11) is 0. The van der Waals surface area contributed by atoms with Gasteiger partial charge in [0, 0.05) is 24.5 Å². The summed E-state index contributed by atoms with van der Waals surface area (Å²) in [5, 5.41) is 4.34. The van der Waals surface area contributed by atoms with E-state index in [0.717, 1.165) is 37.2 Å². The highest BCUT2D eigenvalue weighted by Crippen LogP contribution is 2.27. The SMILES string of the molecule is O=C(NC1CCC(CCBr)CC1)N1CCCCC1. The van der Waals surface area contributed by atoms with Gasteiger partial charge in [0.2, 0.25) is 0 Å². The smallest absolute Gasteiger partial charge is 0.317 e. The highest BCUT2D eigenvalue weighted by atomic mass is 79.9. The van der Waals surface area contributed by atoms with Crippen molar-refractivity contribution in [3.8, 4) is 0 Å². The number of halogens is 1. The first-order chi connectivity index (χ1) is 8.79. The standard InChI is InChI=1S/C14H25BrN2O/c15-9-8-12-4-6-13(7-5-12)16-14(18)17-10-2-1-3-11-17/h12-13H,1-11H2,(H,16,18). The molecule has 3 nitrogen and oxygen atoms in total. The molecule has 0 aromatic rings. The molecular formula is C14H25BrN2O. The molecule has 2 fully saturated rings. The zero-order valence-electron chi connectivity index (χ0n) is 11.2. The van der Waals surface area contributed by atoms with Crippen LogP contribution in [0.25, 0.3) is 0 Å². The van der Waals surface area contributed by atoms with Crippen LogP contribution >= 0.6 is 15.9 Å². The van der Waals surface area contributed by atoms with E-state index >= 15 is 0 Å². The summed E-state index contributed by atoms with van der Waals surface area (Å²) in [5.74, 6) is 0.868. The van der Waals surface area contributed by atoms with Gasteiger partial charge in [-0.25, -0.2) is 4.79 Å². The molecule has 0 bridgehead atoms. The van der Waals surface area contributed by atoms with Gasteiger partial charge in [-0.15, -0.1) is 0 Å². The first-order valence-electron chi connectivity index (χ1n) is 7.41. The van der Waals surface area contributed by atoms with Crippen molar-refractivity contribution in [1.29, 1.82) is 0 Å². The van der Waals surface area contributed by atoms with Crippen LogP contribution in [0.4, 0.5) is 4.79 Å². The van der Waals surface area contributed by atoms with E-state index in [4.69, 9.17) is 0 Å². The lowest BCUT2D eigenvalue weighted by molar-refractivity contribution is 0.176. The highest BCUT2D eigenvalue weighted by molar-refractivity contribution is 9.09. The summed E-state index contributed by atoms with van der Waals surface area (Å²) in [6.07, 6.45) is 9.78. The molecule has 0 atom stereocenters. The summed E-state index contributed by atoms with van der Waals surface area (Å²) in [5.41, 5.74) is 0. The maximum Gasteiger partial charge on any atom is 0.317 e. The lowest BCUT2D eigenvalue weighted by Gasteiger charge is -2.32. The predicted molar refractivity (Wildman–Crippen MR) is 78.1 cm³/mol. The minimum Gasteiger partial charge on any atom is -0.335 e. The van der Waals surface area contributed by atoms with Gasteiger partial charge in [-0.2, -0.15) is 0 Å². The number of rotatable bonds is 3. The highest BCUT2D eigenvalue weighted by Gasteiger charge is 2.24. The summed E-state index contributed by atoms with van der Waals surface area (Å²) in [6.45, 7) is 1.90. The van der Waals surface area contributed by atoms with Gasteiger partial charge in [0.25, 0.3) is 0 Å². The molecule has 2 aliphatic rings. The van der Waals surface area contributed by atoms with E-state index in [2.05, 4.69) is 21.2 Å². The number of amides is 2. The van der Waals surface area contributed by atoms with E-state index in [0.29, 0.717) is 6.04 Å². The molecule has 2 amide bonds. The quantitative estimate of drug-likeness (QED) is 0.794. The van der Waals surface area contributed by atoms with Crippen molar-refractivity contribution in [2.75, 3.05) is 18.4 Å². The molecule has 1 heterocycles. The van der Waals surface area contributed by atoms with E-state index in [9.17, 15) is 4.79 Å². The topological polar surface area (TPSA) is 32.3 Å². The van der Waals surface area contributed by atoms with Crippen molar-refractivity contribution < 1.29 is 4.79 Å². The van der Waals surface area contributed by atoms with Gasteiger partial charge in [-0.3, -0.25) is 0 Å². The fraction of sp³-hybridized carbons (Fsp3) is 0.929. The molecule has 1 aliphatic heterocycles. The Balaban J connectivity index is 1.68. The molecule has 0 radical (unpaired) electrons. The average Bonchev–Trinajstić information content (AvgIpc) is 2.42. The number of nitrogens with one attached hydrogen (secondary N) is 1. The molecular weight excluding hydrogens is 292 g/mol. The molecule has 1 aliphatic carbocycles. The minimum atomic E-state index is 0.179. The maximum atomic E-state index is 12.1. The first kappa shape index (κ1) is 14.2. The lowest BCUT2D eigenvalue weighted by Crippen LogP contribution is -2.47. The van der Waals surface area contributed by atoms with Crippen LogP contribution in [0.5, 0.6) is 0 Å². The summed E-state index contributed by atoms with van der Waals surface area (Å²) < 4.78 is 0. The number of carbonyl (C=O) groups is 1. The van der Waals surface area contributed by atoms with Crippen molar-refractivity contribution in [3.05, 3.63) is 0 Å². The molecule has 0 spiro atoms. The number of carbonyl (C=O) groups excluding carboxylic acids is 1. The van der Waals surface area contributed by atoms with Crippen LogP contribution in [0.1, 0.15) is 51.4 Å². The second-order valence-electron chi connectivity index (χ2n) is 5.69. The third-order valence-electron chi connectivity index (χ3n) is 4.33. The number of likely N-dealkylation sites (tertiary alicyclic amines) is 1. The Morgan fingerprint density at radius 2 is 1.78 bits per heavy atom. The van der Waals surface area contributed by atoms with E-state index in [1.807, 2.05) is 4.90 Å². The molecule has 0 unspecified atom stereocenters. The van der Waals surface area contributed by atoms with Gasteiger partial charge >= 0.3 is 6.03 Å². The Labute approximate surface area is 119 Å². The number of hydrogen-bond donors (Lipinski definition) is 1. The monoisotopic (exact) mass is 316 g/mol. The molecule has 18 heavy (non-hydrogen) atoms. The molecule has 2 rings (SSSR count). The molecule has 0 aromatic carbocycles. The number of nitrogens with zero attached hydrogens (tertiary/aromatic N) is 1. The Hall–Kier alpha value is -0.250. The van der Waals surface area contributed by atoms with Crippen molar-refractivity contribution in [1.82, 2.24) is 10.2 Å². The first-order valence-corrected chi connectivity index (χ1v) is 8.53. The van der Waals surface area contributed by atoms with Crippen LogP contribution in [0, 0.1) is 5.92 Å². The number of hydrogen-bond acceptors (Lipinski definition) is 1. The molecule has 1 N–H and O–H groups in total. The molecule has 1 saturated heterocycles. The molecule has 0 aromatic heterocycles. The second-order valence-corrected chi connectivity index (χ2v) is 6.49. The van der Waals surface area contributed by atoms with Crippen LogP contribution in [0.15, 0.2) is 0 Å². The van der Waals surface area contributed by atoms with Crippen molar-refractivity contribution in [3.63, 3.8) is 0 Å². The summed E-state index contributed by atoms with van der Waals surface area (Å²) in [4.78, 5) is 14.1. The Kier molecular flexibility index (Phi) is 5.80. The molecule has 4 heteroatoms. The predicted octanol–water partition coefficient (Wildman–Crippen LogP) is 3.53. The molecule has 104 valence electrons. The van der Waals surface area contributed by atoms with Gasteiger partial charge in [0.05, 0.1) is 0 Å². The van der Waals surface area contributed by atoms with Crippen molar-refractivity contribution in [2.24, 2.45) is 5.92 Å². The van der Waals surface area contributed by atoms with Gasteiger partial charge in [0.15, 0.2) is 0 Å². The van der Waals surface area contributed by atoms with E-state index in [1.165, 1.54) is 38.5 Å². The Bertz CT molecular complexity index is 259. The zero-order valence-corrected chi connectivity index (χ0v) is 12.8. The summed E-state index contributed by atoms with van der Waals surface area (Å²) in [6, 6.07) is 0.602. The number of piperidine rings is 1. The lowest BCUT2D eigenvalue weighted by atomic mass is 9.84. The second kappa shape index (κ2) is 7.37. The number of alkyl halides is 1. The van der Waals surface area contributed by atoms with Crippen molar-refractivity contribution >= 4 is 22.0 Å². The normalized spacial score (nSPS) is 29.1. The van der Waals surface area contributed by atoms with E-state index < -0.39 is 0 Å². The Morgan fingerprint density at radius 1 is 1.11 bits per heavy atom. The maximum absolute atomic E-state index is 12.1. The van der Waals surface area contributed by atoms with Crippen LogP contribution in [0.2, 0.25) is 0 Å². The Morgan fingerprint density at radius 3 is 2.39 bits per heavy atom. The third-order valence-corrected chi connectivity index (χ3v) is 4.79. The van der Waals surface area contributed by atoms with Crippen LogP contribution in [0.3, 0.4) is 0 Å².